The molecule has 0 radical (unpaired) electrons. The van der Waals surface area contributed by atoms with Crippen molar-refractivity contribution in [3.05, 3.63) is 18.3 Å². The Bertz CT molecular complexity index is 283. The quantitative estimate of drug-likeness (QED) is 0.489. The van der Waals surface area contributed by atoms with Crippen LogP contribution in [0.15, 0.2) is 18.3 Å². The number of hydrogen-bond acceptors (Lipinski definition) is 3. The third-order valence-corrected chi connectivity index (χ3v) is 1.06. The second-order valence-electron chi connectivity index (χ2n) is 1.64. The maximum Gasteiger partial charge on any atom is 0.158 e. The maximum atomic E-state index is 3.91. The van der Waals surface area contributed by atoms with Crippen molar-refractivity contribution in [2.45, 2.75) is 0 Å². The van der Waals surface area contributed by atoms with Crippen LogP contribution in [0.1, 0.15) is 0 Å². The summed E-state index contributed by atoms with van der Waals surface area (Å²) in [6, 6.07) is 3.63. The predicted molar refractivity (Wildman–Crippen MR) is 30.7 cm³/mol. The van der Waals surface area contributed by atoms with Crippen LogP contribution in [0, 0.1) is 0 Å². The van der Waals surface area contributed by atoms with E-state index < -0.39 is 0 Å². The third-order valence-electron chi connectivity index (χ3n) is 1.06. The Balaban J connectivity index is 2.95. The first-order valence-electron chi connectivity index (χ1n) is 2.53. The van der Waals surface area contributed by atoms with Crippen LogP contribution >= 0.6 is 0 Å². The lowest BCUT2D eigenvalue weighted by molar-refractivity contribution is 0.924. The highest BCUT2D eigenvalue weighted by Crippen LogP contribution is 1.98. The maximum absolute atomic E-state index is 3.91. The fourth-order valence-corrected chi connectivity index (χ4v) is 0.656. The number of aromatic nitrogens is 4. The van der Waals surface area contributed by atoms with Gasteiger partial charge in [0.25, 0.3) is 0 Å². The van der Waals surface area contributed by atoms with Crippen LogP contribution in [0.5, 0.6) is 0 Å². The molecule has 0 aromatic carbocycles. The number of fused-ring (bicyclic) bond motifs is 1. The largest absolute Gasteiger partial charge is 0.491 e. The summed E-state index contributed by atoms with van der Waals surface area (Å²) in [4.78, 5) is 3.91. The van der Waals surface area contributed by atoms with Crippen molar-refractivity contribution in [3.63, 3.8) is 0 Å². The molecule has 0 fully saturated rings. The third kappa shape index (κ3) is 0.561. The molecular formula is C5H3N4-. The van der Waals surface area contributed by atoms with Crippen LogP contribution in [0.2, 0.25) is 0 Å². The Kier molecular flexibility index (Phi) is 0.745. The predicted octanol–water partition coefficient (Wildman–Crippen LogP) is -0.0180. The number of nitrogens with zero attached hydrogens (tertiary/aromatic N) is 4. The van der Waals surface area contributed by atoms with Gasteiger partial charge in [0.15, 0.2) is 5.65 Å². The zero-order valence-electron chi connectivity index (χ0n) is 4.52. The Morgan fingerprint density at radius 3 is 3.22 bits per heavy atom. The summed E-state index contributed by atoms with van der Waals surface area (Å²) < 4.78 is 0. The molecule has 0 saturated carbocycles. The monoisotopic (exact) mass is 119 g/mol. The number of hydrogen-bond donors (Lipinski definition) is 0. The fraction of sp³-hybridized carbons (Fsp3) is 0. The first-order chi connectivity index (χ1) is 4.47. The molecule has 0 aliphatic carbocycles. The summed E-state index contributed by atoms with van der Waals surface area (Å²) in [5.41, 5.74) is 1.36. The Hall–Kier alpha value is -1.45. The lowest BCUT2D eigenvalue weighted by Gasteiger charge is -1.81. The summed E-state index contributed by atoms with van der Waals surface area (Å²) in [7, 11) is 0. The van der Waals surface area contributed by atoms with Gasteiger partial charge in [0.05, 0.1) is 5.52 Å². The summed E-state index contributed by atoms with van der Waals surface area (Å²) in [5, 5.41) is 10.8. The van der Waals surface area contributed by atoms with Gasteiger partial charge in [-0.1, -0.05) is 0 Å². The standard InChI is InChI=1S/C5H3N4/c1-2-4-5(6-3-1)8-9-7-4/h1-3H/q-1. The van der Waals surface area contributed by atoms with Gasteiger partial charge in [0.2, 0.25) is 0 Å². The molecule has 0 spiro atoms. The van der Waals surface area contributed by atoms with Crippen LogP contribution in [-0.2, 0) is 0 Å². The van der Waals surface area contributed by atoms with Crippen LogP contribution in [0.4, 0.5) is 0 Å². The smallest absolute Gasteiger partial charge is 0.158 e. The molecule has 2 rings (SSSR count). The van der Waals surface area contributed by atoms with Crippen molar-refractivity contribution < 1.29 is 0 Å². The van der Waals surface area contributed by atoms with Crippen molar-refractivity contribution >= 4 is 11.2 Å². The lowest BCUT2D eigenvalue weighted by Crippen LogP contribution is -1.72. The minimum atomic E-state index is 0.609. The van der Waals surface area contributed by atoms with E-state index in [9.17, 15) is 0 Å². The van der Waals surface area contributed by atoms with E-state index in [-0.39, 0.29) is 0 Å². The minimum Gasteiger partial charge on any atom is -0.491 e. The average molecular weight is 119 g/mol. The first kappa shape index (κ1) is 4.43. The van der Waals surface area contributed by atoms with Crippen LogP contribution in [0.25, 0.3) is 11.2 Å². The Morgan fingerprint density at radius 1 is 1.33 bits per heavy atom. The SMILES string of the molecule is c1cnc2n[n-]nc2c1. The zero-order chi connectivity index (χ0) is 6.10. The highest BCUT2D eigenvalue weighted by Gasteiger charge is 1.85. The molecule has 0 atom stereocenters. The van der Waals surface area contributed by atoms with Gasteiger partial charge in [-0.2, -0.15) is 0 Å². The van der Waals surface area contributed by atoms with Crippen molar-refractivity contribution in [2.75, 3.05) is 0 Å². The summed E-state index contributed by atoms with van der Waals surface area (Å²) in [5.74, 6) is 0. The van der Waals surface area contributed by atoms with Gasteiger partial charge in [-0.25, -0.2) is 4.98 Å². The van der Waals surface area contributed by atoms with E-state index in [1.54, 1.807) is 12.3 Å². The average Bonchev–Trinajstić information content (AvgIpc) is 2.33. The summed E-state index contributed by atoms with van der Waals surface area (Å²) in [6.07, 6.45) is 1.67. The fourth-order valence-electron chi connectivity index (χ4n) is 0.656. The highest BCUT2D eigenvalue weighted by atomic mass is 15.3. The minimum absolute atomic E-state index is 0.609. The highest BCUT2D eigenvalue weighted by molar-refractivity contribution is 5.67. The van der Waals surface area contributed by atoms with Crippen molar-refractivity contribution in [3.8, 4) is 0 Å². The molecule has 0 bridgehead atoms. The molecule has 2 aromatic heterocycles. The van der Waals surface area contributed by atoms with Gasteiger partial charge >= 0.3 is 0 Å². The molecule has 0 saturated heterocycles. The Labute approximate surface area is 50.9 Å². The van der Waals surface area contributed by atoms with E-state index in [1.807, 2.05) is 6.07 Å². The molecule has 2 heterocycles. The van der Waals surface area contributed by atoms with Crippen LogP contribution in [0.3, 0.4) is 0 Å². The van der Waals surface area contributed by atoms with E-state index in [0.717, 1.165) is 5.52 Å². The van der Waals surface area contributed by atoms with Crippen LogP contribution < -0.4 is 5.21 Å². The van der Waals surface area contributed by atoms with Gasteiger partial charge in [-0.05, 0) is 12.1 Å². The van der Waals surface area contributed by atoms with E-state index >= 15 is 0 Å². The molecule has 2 aromatic rings. The van der Waals surface area contributed by atoms with E-state index in [1.165, 1.54) is 0 Å². The summed E-state index contributed by atoms with van der Waals surface area (Å²) >= 11 is 0. The molecule has 0 aliphatic rings. The molecule has 4 nitrogen and oxygen atoms in total. The zero-order valence-corrected chi connectivity index (χ0v) is 4.52. The molecule has 44 valence electrons. The normalized spacial score (nSPS) is 10.2. The second kappa shape index (κ2) is 1.51. The molecule has 4 heteroatoms. The van der Waals surface area contributed by atoms with Crippen molar-refractivity contribution in [1.29, 1.82) is 0 Å². The van der Waals surface area contributed by atoms with Gasteiger partial charge in [0.1, 0.15) is 0 Å². The molecule has 0 N–H and O–H groups in total. The second-order valence-corrected chi connectivity index (χ2v) is 1.64. The molecule has 0 unspecified atom stereocenters. The molecule has 0 amide bonds. The van der Waals surface area contributed by atoms with E-state index in [2.05, 4.69) is 20.4 Å². The van der Waals surface area contributed by atoms with Crippen molar-refractivity contribution in [2.24, 2.45) is 0 Å². The van der Waals surface area contributed by atoms with Gasteiger partial charge < -0.3 is 15.4 Å². The van der Waals surface area contributed by atoms with Gasteiger partial charge in [-0.15, -0.1) is 0 Å². The molecule has 9 heavy (non-hydrogen) atoms. The van der Waals surface area contributed by atoms with Crippen LogP contribution in [-0.4, -0.2) is 15.2 Å². The topological polar surface area (TPSA) is 52.8 Å². The molecular weight excluding hydrogens is 116 g/mol. The van der Waals surface area contributed by atoms with Gasteiger partial charge in [0, 0.05) is 6.20 Å². The van der Waals surface area contributed by atoms with Crippen molar-refractivity contribution in [1.82, 2.24) is 20.4 Å². The number of rotatable bonds is 0. The Morgan fingerprint density at radius 2 is 2.33 bits per heavy atom. The lowest BCUT2D eigenvalue weighted by atomic mass is 10.4. The first-order valence-corrected chi connectivity index (χ1v) is 2.53. The van der Waals surface area contributed by atoms with E-state index in [0.29, 0.717) is 5.65 Å². The number of pyridine rings is 1. The van der Waals surface area contributed by atoms with Gasteiger partial charge in [-0.3, -0.25) is 0 Å². The summed E-state index contributed by atoms with van der Waals surface area (Å²) in [6.45, 7) is 0. The van der Waals surface area contributed by atoms with E-state index in [4.69, 9.17) is 0 Å². The molecule has 0 aliphatic heterocycles.